The van der Waals surface area contributed by atoms with Crippen LogP contribution in [-0.4, -0.2) is 31.7 Å². The number of hydrogen-bond donors (Lipinski definition) is 1. The van der Waals surface area contributed by atoms with Crippen LogP contribution >= 0.6 is 11.6 Å². The quantitative estimate of drug-likeness (QED) is 0.876. The van der Waals surface area contributed by atoms with Crippen LogP contribution in [0, 0.1) is 0 Å². The van der Waals surface area contributed by atoms with Crippen molar-refractivity contribution in [1.29, 1.82) is 0 Å². The molecule has 0 saturated carbocycles. The molecule has 0 radical (unpaired) electrons. The number of para-hydroxylation sites is 2. The molecule has 6 nitrogen and oxygen atoms in total. The predicted molar refractivity (Wildman–Crippen MR) is 96.0 cm³/mol. The average molecular weight is 381 g/mol. The van der Waals surface area contributed by atoms with Gasteiger partial charge in [-0.1, -0.05) is 37.6 Å². The van der Waals surface area contributed by atoms with Gasteiger partial charge in [0.25, 0.3) is 5.91 Å². The molecule has 2 aromatic rings. The Morgan fingerprint density at radius 1 is 1.12 bits per heavy atom. The van der Waals surface area contributed by atoms with Crippen LogP contribution in [-0.2, 0) is 10.0 Å². The van der Waals surface area contributed by atoms with Crippen LogP contribution in [0.15, 0.2) is 41.3 Å². The average Bonchev–Trinajstić information content (AvgIpc) is 2.70. The molecule has 0 atom stereocenters. The van der Waals surface area contributed by atoms with Crippen molar-refractivity contribution < 1.29 is 17.9 Å². The molecule has 1 aliphatic heterocycles. The summed E-state index contributed by atoms with van der Waals surface area (Å²) in [6.45, 7) is 4.09. The Kier molecular flexibility index (Phi) is 4.73. The monoisotopic (exact) mass is 380 g/mol. The van der Waals surface area contributed by atoms with E-state index in [2.05, 4.69) is 5.32 Å². The van der Waals surface area contributed by atoms with E-state index in [1.807, 2.05) is 0 Å². The largest absolute Gasteiger partial charge is 0.454 e. The molecule has 1 amide bonds. The fourth-order valence-electron chi connectivity index (χ4n) is 2.66. The van der Waals surface area contributed by atoms with E-state index in [0.29, 0.717) is 24.5 Å². The van der Waals surface area contributed by atoms with Gasteiger partial charge >= 0.3 is 0 Å². The van der Waals surface area contributed by atoms with Crippen molar-refractivity contribution in [3.63, 3.8) is 0 Å². The van der Waals surface area contributed by atoms with Crippen molar-refractivity contribution >= 4 is 33.2 Å². The van der Waals surface area contributed by atoms with Gasteiger partial charge in [0.1, 0.15) is 10.6 Å². The Hall–Kier alpha value is -2.09. The molecule has 8 heteroatoms. The van der Waals surface area contributed by atoms with Crippen LogP contribution in [0.4, 0.5) is 5.69 Å². The maximum atomic E-state index is 12.8. The molecule has 132 valence electrons. The lowest BCUT2D eigenvalue weighted by Crippen LogP contribution is -2.31. The third kappa shape index (κ3) is 3.10. The van der Waals surface area contributed by atoms with Gasteiger partial charge in [0.05, 0.1) is 16.3 Å². The van der Waals surface area contributed by atoms with Crippen LogP contribution in [0.25, 0.3) is 0 Å². The number of nitrogens with one attached hydrogen (secondary N) is 1. The number of nitrogens with zero attached hydrogens (tertiary/aromatic N) is 1. The normalized spacial score (nSPS) is 13.5. The third-order valence-corrected chi connectivity index (χ3v) is 6.47. The maximum absolute atomic E-state index is 12.8. The topological polar surface area (TPSA) is 75.7 Å². The molecule has 0 fully saturated rings. The maximum Gasteiger partial charge on any atom is 0.259 e. The molecule has 1 N–H and O–H groups in total. The highest BCUT2D eigenvalue weighted by molar-refractivity contribution is 7.89. The molecule has 0 spiro atoms. The fourth-order valence-corrected chi connectivity index (χ4v) is 4.64. The van der Waals surface area contributed by atoms with Crippen molar-refractivity contribution in [3.05, 3.63) is 47.0 Å². The van der Waals surface area contributed by atoms with Gasteiger partial charge in [-0.15, -0.1) is 0 Å². The summed E-state index contributed by atoms with van der Waals surface area (Å²) in [7, 11) is -3.80. The van der Waals surface area contributed by atoms with Crippen LogP contribution in [0.5, 0.6) is 11.5 Å². The molecule has 3 rings (SSSR count). The zero-order valence-electron chi connectivity index (χ0n) is 13.7. The van der Waals surface area contributed by atoms with E-state index >= 15 is 0 Å². The number of rotatable bonds is 4. The first-order valence-corrected chi connectivity index (χ1v) is 9.62. The lowest BCUT2D eigenvalue weighted by molar-refractivity contribution is 0.102. The molecule has 0 saturated heterocycles. The zero-order valence-corrected chi connectivity index (χ0v) is 15.3. The van der Waals surface area contributed by atoms with Crippen LogP contribution in [0.3, 0.4) is 0 Å². The van der Waals surface area contributed by atoms with E-state index in [1.54, 1.807) is 38.1 Å². The minimum atomic E-state index is -3.80. The highest BCUT2D eigenvalue weighted by Crippen LogP contribution is 2.39. The van der Waals surface area contributed by atoms with Gasteiger partial charge in [0, 0.05) is 19.2 Å². The van der Waals surface area contributed by atoms with Crippen molar-refractivity contribution in [3.8, 4) is 11.5 Å². The second-order valence-corrected chi connectivity index (χ2v) is 7.73. The summed E-state index contributed by atoms with van der Waals surface area (Å²) in [6, 6.07) is 9.59. The van der Waals surface area contributed by atoms with Crippen molar-refractivity contribution in [2.24, 2.45) is 0 Å². The number of anilines is 1. The molecule has 0 aromatic heterocycles. The van der Waals surface area contributed by atoms with Gasteiger partial charge in [-0.05, 0) is 18.2 Å². The number of halogens is 1. The molecular formula is C17H17ClN2O4S. The number of fused-ring (bicyclic) bond motifs is 2. The lowest BCUT2D eigenvalue weighted by atomic mass is 10.2. The van der Waals surface area contributed by atoms with E-state index in [0.717, 1.165) is 0 Å². The van der Waals surface area contributed by atoms with Crippen LogP contribution in [0.2, 0.25) is 5.02 Å². The summed E-state index contributed by atoms with van der Waals surface area (Å²) in [4.78, 5) is 12.4. The van der Waals surface area contributed by atoms with Crippen LogP contribution in [0.1, 0.15) is 24.2 Å². The van der Waals surface area contributed by atoms with Crippen molar-refractivity contribution in [2.45, 2.75) is 18.7 Å². The molecule has 1 aliphatic rings. The Bertz CT molecular complexity index is 940. The number of carbonyl (C=O) groups is 1. The van der Waals surface area contributed by atoms with E-state index in [4.69, 9.17) is 16.3 Å². The minimum absolute atomic E-state index is 0.0119. The van der Waals surface area contributed by atoms with Gasteiger partial charge in [0.15, 0.2) is 5.75 Å². The first kappa shape index (κ1) is 17.7. The number of amides is 1. The van der Waals surface area contributed by atoms with E-state index < -0.39 is 15.9 Å². The van der Waals surface area contributed by atoms with E-state index in [1.165, 1.54) is 16.4 Å². The van der Waals surface area contributed by atoms with Crippen LogP contribution < -0.4 is 10.1 Å². The highest BCUT2D eigenvalue weighted by atomic mass is 35.5. The summed E-state index contributed by atoms with van der Waals surface area (Å²) in [6.07, 6.45) is 0. The summed E-state index contributed by atoms with van der Waals surface area (Å²) in [5.74, 6) is 0.226. The second kappa shape index (κ2) is 6.67. The van der Waals surface area contributed by atoms with Gasteiger partial charge in [-0.2, -0.15) is 4.31 Å². The molecule has 0 bridgehead atoms. The zero-order chi connectivity index (χ0) is 18.2. The standard InChI is InChI=1S/C17H17ClN2O4S/c1-3-20(4-2)25(22,23)16-9-11-15(10-12(16)18)24-14-8-6-5-7-13(14)19-17(11)21/h5-10H,3-4H2,1-2H3,(H,19,21). The molecule has 0 unspecified atom stereocenters. The number of carbonyl (C=O) groups excluding carboxylic acids is 1. The lowest BCUT2D eigenvalue weighted by Gasteiger charge is -2.20. The SMILES string of the molecule is CCN(CC)S(=O)(=O)c1cc2c(cc1Cl)Oc1ccccc1NC2=O. The smallest absolute Gasteiger partial charge is 0.259 e. The summed E-state index contributed by atoms with van der Waals surface area (Å²) < 4.78 is 32.6. The Morgan fingerprint density at radius 2 is 1.80 bits per heavy atom. The molecule has 2 aromatic carbocycles. The Balaban J connectivity index is 2.14. The second-order valence-electron chi connectivity index (χ2n) is 5.42. The van der Waals surface area contributed by atoms with Gasteiger partial charge < -0.3 is 10.1 Å². The Labute approximate surface area is 151 Å². The molecule has 0 aliphatic carbocycles. The minimum Gasteiger partial charge on any atom is -0.454 e. The number of sulfonamides is 1. The fraction of sp³-hybridized carbons (Fsp3) is 0.235. The first-order chi connectivity index (χ1) is 11.9. The molecule has 1 heterocycles. The highest BCUT2D eigenvalue weighted by Gasteiger charge is 2.29. The predicted octanol–water partition coefficient (Wildman–Crippen LogP) is 3.73. The van der Waals surface area contributed by atoms with Crippen molar-refractivity contribution in [1.82, 2.24) is 4.31 Å². The van der Waals surface area contributed by atoms with Gasteiger partial charge in [0.2, 0.25) is 10.0 Å². The molecular weight excluding hydrogens is 364 g/mol. The Morgan fingerprint density at radius 3 is 2.48 bits per heavy atom. The van der Waals surface area contributed by atoms with Crippen molar-refractivity contribution in [2.75, 3.05) is 18.4 Å². The summed E-state index contributed by atoms with van der Waals surface area (Å²) in [5, 5.41) is 2.73. The third-order valence-electron chi connectivity index (χ3n) is 3.96. The van der Waals surface area contributed by atoms with Gasteiger partial charge in [-0.3, -0.25) is 4.79 Å². The van der Waals surface area contributed by atoms with E-state index in [-0.39, 0.29) is 21.2 Å². The van der Waals surface area contributed by atoms with E-state index in [9.17, 15) is 13.2 Å². The van der Waals surface area contributed by atoms with Gasteiger partial charge in [-0.25, -0.2) is 8.42 Å². The summed E-state index contributed by atoms with van der Waals surface area (Å²) in [5.41, 5.74) is 0.624. The summed E-state index contributed by atoms with van der Waals surface area (Å²) >= 11 is 6.21. The first-order valence-electron chi connectivity index (χ1n) is 7.80. The molecule has 25 heavy (non-hydrogen) atoms. The number of ether oxygens (including phenoxy) is 1. The number of hydrogen-bond acceptors (Lipinski definition) is 4. The number of benzene rings is 2.